The van der Waals surface area contributed by atoms with Crippen molar-refractivity contribution in [2.75, 3.05) is 6.54 Å². The molecular formula is C26H28FNOS. The van der Waals surface area contributed by atoms with E-state index in [2.05, 4.69) is 30.5 Å². The minimum Gasteiger partial charge on any atom is -0.327 e. The highest BCUT2D eigenvalue weighted by Crippen LogP contribution is 2.38. The summed E-state index contributed by atoms with van der Waals surface area (Å²) < 4.78 is 13.5. The molecule has 2 nitrogen and oxygen atoms in total. The fraction of sp³-hybridized carbons (Fsp3) is 0.346. The van der Waals surface area contributed by atoms with E-state index in [1.54, 1.807) is 23.5 Å². The maximum atomic E-state index is 13.5. The van der Waals surface area contributed by atoms with Crippen LogP contribution < -0.4 is 0 Å². The zero-order valence-corrected chi connectivity index (χ0v) is 18.3. The molecule has 1 amide bonds. The van der Waals surface area contributed by atoms with E-state index in [0.717, 1.165) is 24.0 Å². The first-order valence-electron chi connectivity index (χ1n) is 10.9. The molecule has 0 radical (unpaired) electrons. The summed E-state index contributed by atoms with van der Waals surface area (Å²) in [6.07, 6.45) is 6.90. The van der Waals surface area contributed by atoms with Gasteiger partial charge in [0.15, 0.2) is 0 Å². The molecule has 2 aromatic carbocycles. The van der Waals surface area contributed by atoms with Gasteiger partial charge in [-0.25, -0.2) is 4.39 Å². The van der Waals surface area contributed by atoms with Gasteiger partial charge in [-0.05, 0) is 71.7 Å². The second kappa shape index (κ2) is 9.57. The highest BCUT2D eigenvalue weighted by molar-refractivity contribution is 7.10. The molecule has 0 aliphatic carbocycles. The molecule has 0 N–H and O–H groups in total. The molecule has 0 unspecified atom stereocenters. The van der Waals surface area contributed by atoms with E-state index in [0.29, 0.717) is 6.54 Å². The second-order valence-electron chi connectivity index (χ2n) is 8.01. The smallest absolute Gasteiger partial charge is 0.254 e. The highest BCUT2D eigenvalue weighted by Gasteiger charge is 2.33. The fourth-order valence-electron chi connectivity index (χ4n) is 4.28. The van der Waals surface area contributed by atoms with Crippen molar-refractivity contribution in [3.8, 4) is 0 Å². The van der Waals surface area contributed by atoms with Crippen molar-refractivity contribution in [1.82, 2.24) is 4.90 Å². The van der Waals surface area contributed by atoms with Crippen LogP contribution in [0.25, 0.3) is 0 Å². The average molecular weight is 422 g/mol. The largest absolute Gasteiger partial charge is 0.327 e. The number of thiophene rings is 1. The summed E-state index contributed by atoms with van der Waals surface area (Å²) in [4.78, 5) is 16.7. The maximum absolute atomic E-state index is 13.5. The van der Waals surface area contributed by atoms with Crippen molar-refractivity contribution in [1.29, 1.82) is 0 Å². The third-order valence-corrected chi connectivity index (χ3v) is 6.93. The van der Waals surface area contributed by atoms with Crippen molar-refractivity contribution >= 4 is 17.2 Å². The molecular weight excluding hydrogens is 393 g/mol. The number of benzene rings is 2. The Morgan fingerprint density at radius 2 is 1.80 bits per heavy atom. The summed E-state index contributed by atoms with van der Waals surface area (Å²) >= 11 is 1.74. The number of rotatable bonds is 7. The molecule has 4 heteroatoms. The molecule has 1 aliphatic heterocycles. The third kappa shape index (κ3) is 4.49. The Morgan fingerprint density at radius 1 is 1.03 bits per heavy atom. The molecule has 0 saturated heterocycles. The Labute approximate surface area is 182 Å². The van der Waals surface area contributed by atoms with Crippen LogP contribution in [0, 0.1) is 5.82 Å². The molecule has 1 aliphatic rings. The molecule has 0 saturated carbocycles. The van der Waals surface area contributed by atoms with Gasteiger partial charge in [0.1, 0.15) is 5.82 Å². The minimum atomic E-state index is -0.257. The standard InChI is InChI=1S/C26H28FNOS/c1-2-3-4-5-6-19-7-9-21(10-8-19)26(29)28-17-15-24-23(16-18-30-24)25(28)20-11-13-22(27)14-12-20/h7-14,16,18,25H,2-6,15,17H2,1H3/t25-/m0/s1. The van der Waals surface area contributed by atoms with Crippen molar-refractivity contribution in [3.05, 3.63) is 92.9 Å². The van der Waals surface area contributed by atoms with Gasteiger partial charge in [0, 0.05) is 17.0 Å². The Kier molecular flexibility index (Phi) is 6.63. The molecule has 3 aromatic rings. The van der Waals surface area contributed by atoms with E-state index in [-0.39, 0.29) is 17.8 Å². The first kappa shape index (κ1) is 20.8. The summed E-state index contributed by atoms with van der Waals surface area (Å²) in [5, 5.41) is 2.09. The van der Waals surface area contributed by atoms with Gasteiger partial charge in [-0.1, -0.05) is 50.5 Å². The summed E-state index contributed by atoms with van der Waals surface area (Å²) in [5.74, 6) is -0.216. The van der Waals surface area contributed by atoms with Gasteiger partial charge in [0.25, 0.3) is 5.91 Å². The third-order valence-electron chi connectivity index (χ3n) is 5.93. The van der Waals surface area contributed by atoms with Gasteiger partial charge < -0.3 is 4.90 Å². The number of amides is 1. The number of aryl methyl sites for hydroxylation is 1. The zero-order chi connectivity index (χ0) is 20.9. The van der Waals surface area contributed by atoms with Crippen molar-refractivity contribution < 1.29 is 9.18 Å². The number of unbranched alkanes of at least 4 members (excludes halogenated alkanes) is 3. The Hall–Kier alpha value is -2.46. The molecule has 4 rings (SSSR count). The van der Waals surface area contributed by atoms with Crippen LogP contribution in [-0.2, 0) is 12.8 Å². The molecule has 156 valence electrons. The van der Waals surface area contributed by atoms with Crippen molar-refractivity contribution in [3.63, 3.8) is 0 Å². The van der Waals surface area contributed by atoms with E-state index in [9.17, 15) is 9.18 Å². The van der Waals surface area contributed by atoms with Gasteiger partial charge in [0.2, 0.25) is 0 Å². The van der Waals surface area contributed by atoms with Gasteiger partial charge >= 0.3 is 0 Å². The zero-order valence-electron chi connectivity index (χ0n) is 17.4. The first-order valence-corrected chi connectivity index (χ1v) is 11.8. The number of nitrogens with zero attached hydrogens (tertiary/aromatic N) is 1. The predicted molar refractivity (Wildman–Crippen MR) is 122 cm³/mol. The van der Waals surface area contributed by atoms with Crippen LogP contribution in [-0.4, -0.2) is 17.4 Å². The Bertz CT molecular complexity index is 977. The number of carbonyl (C=O) groups is 1. The van der Waals surface area contributed by atoms with Crippen LogP contribution in [0.1, 0.15) is 70.6 Å². The van der Waals surface area contributed by atoms with Crippen LogP contribution >= 0.6 is 11.3 Å². The lowest BCUT2D eigenvalue weighted by atomic mass is 9.92. The Morgan fingerprint density at radius 3 is 2.53 bits per heavy atom. The minimum absolute atomic E-state index is 0.0405. The lowest BCUT2D eigenvalue weighted by Crippen LogP contribution is -2.40. The lowest BCUT2D eigenvalue weighted by molar-refractivity contribution is 0.0696. The SMILES string of the molecule is CCCCCCc1ccc(C(=O)N2CCc3sccc3[C@@H]2c2ccc(F)cc2)cc1. The van der Waals surface area contributed by atoms with E-state index < -0.39 is 0 Å². The van der Waals surface area contributed by atoms with E-state index >= 15 is 0 Å². The van der Waals surface area contributed by atoms with Crippen LogP contribution in [0.3, 0.4) is 0 Å². The van der Waals surface area contributed by atoms with Crippen LogP contribution in [0.2, 0.25) is 0 Å². The topological polar surface area (TPSA) is 20.3 Å². The molecule has 1 atom stereocenters. The van der Waals surface area contributed by atoms with Crippen LogP contribution in [0.4, 0.5) is 4.39 Å². The quantitative estimate of drug-likeness (QED) is 0.384. The number of hydrogen-bond donors (Lipinski definition) is 0. The predicted octanol–water partition coefficient (Wildman–Crippen LogP) is 6.80. The van der Waals surface area contributed by atoms with Gasteiger partial charge in [-0.2, -0.15) is 0 Å². The molecule has 0 spiro atoms. The van der Waals surface area contributed by atoms with E-state index in [1.807, 2.05) is 17.0 Å². The fourth-order valence-corrected chi connectivity index (χ4v) is 5.18. The number of carbonyl (C=O) groups excluding carboxylic acids is 1. The van der Waals surface area contributed by atoms with Crippen LogP contribution in [0.15, 0.2) is 60.0 Å². The molecule has 30 heavy (non-hydrogen) atoms. The van der Waals surface area contributed by atoms with Crippen molar-refractivity contribution in [2.24, 2.45) is 0 Å². The second-order valence-corrected chi connectivity index (χ2v) is 9.01. The Balaban J connectivity index is 1.55. The number of hydrogen-bond acceptors (Lipinski definition) is 2. The number of fused-ring (bicyclic) bond motifs is 1. The monoisotopic (exact) mass is 421 g/mol. The molecule has 2 heterocycles. The lowest BCUT2D eigenvalue weighted by Gasteiger charge is -2.36. The number of halogens is 1. The maximum Gasteiger partial charge on any atom is 0.254 e. The molecule has 1 aromatic heterocycles. The van der Waals surface area contributed by atoms with E-state index in [1.165, 1.54) is 53.8 Å². The van der Waals surface area contributed by atoms with Gasteiger partial charge in [0.05, 0.1) is 6.04 Å². The van der Waals surface area contributed by atoms with Crippen molar-refractivity contribution in [2.45, 2.75) is 51.5 Å². The van der Waals surface area contributed by atoms with Gasteiger partial charge in [-0.15, -0.1) is 11.3 Å². The first-order chi connectivity index (χ1) is 14.7. The average Bonchev–Trinajstić information content (AvgIpc) is 3.26. The summed E-state index contributed by atoms with van der Waals surface area (Å²) in [7, 11) is 0. The summed E-state index contributed by atoms with van der Waals surface area (Å²) in [6.45, 7) is 2.90. The normalized spacial score (nSPS) is 15.8. The van der Waals surface area contributed by atoms with Gasteiger partial charge in [-0.3, -0.25) is 4.79 Å². The van der Waals surface area contributed by atoms with E-state index in [4.69, 9.17) is 0 Å². The summed E-state index contributed by atoms with van der Waals surface area (Å²) in [5.41, 5.74) is 4.13. The molecule has 0 fully saturated rings. The summed E-state index contributed by atoms with van der Waals surface area (Å²) in [6, 6.07) is 16.6. The highest BCUT2D eigenvalue weighted by atomic mass is 32.1. The molecule has 0 bridgehead atoms. The van der Waals surface area contributed by atoms with Crippen LogP contribution in [0.5, 0.6) is 0 Å².